The highest BCUT2D eigenvalue weighted by Gasteiger charge is 2.55. The van der Waals surface area contributed by atoms with Gasteiger partial charge >= 0.3 is 0 Å². The third-order valence-electron chi connectivity index (χ3n) is 3.92. The van der Waals surface area contributed by atoms with Crippen molar-refractivity contribution in [3.05, 3.63) is 16.7 Å². The number of aromatic amines is 1. The molecule has 0 amide bonds. The van der Waals surface area contributed by atoms with Crippen molar-refractivity contribution < 1.29 is 14.9 Å². The van der Waals surface area contributed by atoms with E-state index in [0.29, 0.717) is 0 Å². The molecular formula is C13H16N6O4. The summed E-state index contributed by atoms with van der Waals surface area (Å²) in [4.78, 5) is 22.1. The number of aliphatic hydroxyl groups excluding tert-OH is 2. The number of imidazole rings is 1. The molecular weight excluding hydrogens is 304 g/mol. The monoisotopic (exact) mass is 320 g/mol. The van der Waals surface area contributed by atoms with Gasteiger partial charge in [-0.2, -0.15) is 4.98 Å². The first-order valence-electron chi connectivity index (χ1n) is 6.80. The van der Waals surface area contributed by atoms with Gasteiger partial charge in [0.25, 0.3) is 5.56 Å². The van der Waals surface area contributed by atoms with E-state index in [4.69, 9.17) is 22.6 Å². The molecule has 3 heterocycles. The summed E-state index contributed by atoms with van der Waals surface area (Å²) in [5.41, 5.74) is 9.63. The number of nitrogens with two attached hydrogens (primary N) is 2. The van der Waals surface area contributed by atoms with Crippen LogP contribution < -0.4 is 17.0 Å². The van der Waals surface area contributed by atoms with Gasteiger partial charge in [0.1, 0.15) is 12.2 Å². The van der Waals surface area contributed by atoms with Crippen LogP contribution in [0.1, 0.15) is 13.2 Å². The first-order chi connectivity index (χ1) is 10.8. The van der Waals surface area contributed by atoms with E-state index in [1.54, 1.807) is 0 Å². The zero-order valence-corrected chi connectivity index (χ0v) is 12.2. The van der Waals surface area contributed by atoms with Crippen molar-refractivity contribution in [2.45, 2.75) is 37.0 Å². The molecule has 23 heavy (non-hydrogen) atoms. The molecule has 2 aromatic rings. The number of terminal acetylenes is 1. The number of hydrogen-bond donors (Lipinski definition) is 5. The van der Waals surface area contributed by atoms with Crippen molar-refractivity contribution in [1.29, 1.82) is 0 Å². The summed E-state index contributed by atoms with van der Waals surface area (Å²) < 4.78 is 6.96. The molecule has 0 saturated carbocycles. The molecule has 3 rings (SSSR count). The number of ether oxygens (including phenoxy) is 1. The maximum Gasteiger partial charge on any atom is 0.280 e. The molecule has 7 N–H and O–H groups in total. The molecule has 0 bridgehead atoms. The van der Waals surface area contributed by atoms with Crippen molar-refractivity contribution in [2.24, 2.45) is 5.73 Å². The van der Waals surface area contributed by atoms with E-state index in [9.17, 15) is 15.0 Å². The molecule has 0 radical (unpaired) electrons. The van der Waals surface area contributed by atoms with Gasteiger partial charge in [-0.25, -0.2) is 4.98 Å². The standard InChI is InChI=1S/C13H16N6O4/c1-3-13(15)8(21)7(5(2)20)23-11(13)19-4-16-6-9(19)17-12(14)18-10(6)22/h1,4-5,7-8,11,20-21H,15H2,2H3,(H3,14,17,18,22)/t5-,7-,8+,11-,13?/m1/s1. The van der Waals surface area contributed by atoms with Gasteiger partial charge < -0.3 is 26.4 Å². The zero-order chi connectivity index (χ0) is 16.9. The van der Waals surface area contributed by atoms with Crippen LogP contribution in [-0.2, 0) is 4.74 Å². The molecule has 1 unspecified atom stereocenters. The lowest BCUT2D eigenvalue weighted by molar-refractivity contribution is -0.0756. The van der Waals surface area contributed by atoms with Gasteiger partial charge in [-0.05, 0) is 6.92 Å². The van der Waals surface area contributed by atoms with Crippen LogP contribution in [0.5, 0.6) is 0 Å². The number of aromatic nitrogens is 4. The number of aliphatic hydroxyl groups is 2. The average Bonchev–Trinajstić information content (AvgIpc) is 3.00. The fraction of sp³-hybridized carbons (Fsp3) is 0.462. The lowest BCUT2D eigenvalue weighted by atomic mass is 9.90. The summed E-state index contributed by atoms with van der Waals surface area (Å²) >= 11 is 0. The summed E-state index contributed by atoms with van der Waals surface area (Å²) in [7, 11) is 0. The Kier molecular flexibility index (Phi) is 3.38. The number of nitrogens with zero attached hydrogens (tertiary/aromatic N) is 3. The number of nitrogens with one attached hydrogen (secondary N) is 1. The highest BCUT2D eigenvalue weighted by Crippen LogP contribution is 2.38. The highest BCUT2D eigenvalue weighted by atomic mass is 16.5. The third-order valence-corrected chi connectivity index (χ3v) is 3.92. The lowest BCUT2D eigenvalue weighted by Gasteiger charge is -2.27. The molecule has 1 aliphatic rings. The average molecular weight is 320 g/mol. The summed E-state index contributed by atoms with van der Waals surface area (Å²) in [6.45, 7) is 1.44. The normalized spacial score (nSPS) is 32.0. The number of H-pyrrole nitrogens is 1. The minimum absolute atomic E-state index is 0.0251. The van der Waals surface area contributed by atoms with Crippen LogP contribution >= 0.6 is 0 Å². The Bertz CT molecular complexity index is 852. The van der Waals surface area contributed by atoms with Crippen molar-refractivity contribution in [1.82, 2.24) is 19.5 Å². The summed E-state index contributed by atoms with van der Waals surface area (Å²) in [5, 5.41) is 20.1. The van der Waals surface area contributed by atoms with E-state index >= 15 is 0 Å². The predicted octanol–water partition coefficient (Wildman–Crippen LogP) is -2.33. The molecule has 0 aromatic carbocycles. The van der Waals surface area contributed by atoms with Crippen molar-refractivity contribution in [3.63, 3.8) is 0 Å². The van der Waals surface area contributed by atoms with Gasteiger partial charge in [0, 0.05) is 0 Å². The van der Waals surface area contributed by atoms with Gasteiger partial charge in [-0.1, -0.05) is 5.92 Å². The van der Waals surface area contributed by atoms with Crippen LogP contribution in [0.15, 0.2) is 11.1 Å². The lowest BCUT2D eigenvalue weighted by Crippen LogP contribution is -2.54. The number of fused-ring (bicyclic) bond motifs is 1. The predicted molar refractivity (Wildman–Crippen MR) is 79.9 cm³/mol. The van der Waals surface area contributed by atoms with Crippen LogP contribution in [0.4, 0.5) is 5.95 Å². The van der Waals surface area contributed by atoms with E-state index in [0.717, 1.165) is 0 Å². The zero-order valence-electron chi connectivity index (χ0n) is 12.2. The SMILES string of the molecule is C#CC1(N)[C@@H](O)[C@@H]([C@@H](C)O)O[C@H]1n1cnc2c(=O)[nH]c(N)nc21. The maximum absolute atomic E-state index is 11.8. The molecule has 2 aromatic heterocycles. The molecule has 122 valence electrons. The fourth-order valence-electron chi connectivity index (χ4n) is 2.70. The molecule has 1 fully saturated rings. The van der Waals surface area contributed by atoms with Crippen LogP contribution in [0.25, 0.3) is 11.2 Å². The Morgan fingerprint density at radius 1 is 1.65 bits per heavy atom. The topological polar surface area (TPSA) is 165 Å². The van der Waals surface area contributed by atoms with Crippen molar-refractivity contribution >= 4 is 17.1 Å². The third kappa shape index (κ3) is 2.10. The molecule has 0 aliphatic carbocycles. The quantitative estimate of drug-likeness (QED) is 0.384. The Morgan fingerprint density at radius 3 is 2.96 bits per heavy atom. The largest absolute Gasteiger partial charge is 0.391 e. The van der Waals surface area contributed by atoms with Crippen LogP contribution in [0, 0.1) is 12.3 Å². The highest BCUT2D eigenvalue weighted by molar-refractivity contribution is 5.70. The Morgan fingerprint density at radius 2 is 2.35 bits per heavy atom. The number of anilines is 1. The van der Waals surface area contributed by atoms with E-state index in [2.05, 4.69) is 20.9 Å². The van der Waals surface area contributed by atoms with Crippen LogP contribution in [0.2, 0.25) is 0 Å². The smallest absolute Gasteiger partial charge is 0.280 e. The second kappa shape index (κ2) is 5.04. The van der Waals surface area contributed by atoms with E-state index in [1.807, 2.05) is 0 Å². The first kappa shape index (κ1) is 15.4. The number of hydrogen-bond acceptors (Lipinski definition) is 8. The van der Waals surface area contributed by atoms with Crippen LogP contribution in [-0.4, -0.2) is 53.6 Å². The van der Waals surface area contributed by atoms with E-state index in [-0.39, 0.29) is 17.1 Å². The van der Waals surface area contributed by atoms with Gasteiger partial charge in [-0.15, -0.1) is 6.42 Å². The van der Waals surface area contributed by atoms with Crippen molar-refractivity contribution in [2.75, 3.05) is 5.73 Å². The van der Waals surface area contributed by atoms with Crippen LogP contribution in [0.3, 0.4) is 0 Å². The molecule has 10 nitrogen and oxygen atoms in total. The fourth-order valence-corrected chi connectivity index (χ4v) is 2.70. The summed E-state index contributed by atoms with van der Waals surface area (Å²) in [6.07, 6.45) is 2.33. The Hall–Kier alpha value is -2.45. The first-order valence-corrected chi connectivity index (χ1v) is 6.80. The van der Waals surface area contributed by atoms with Crippen molar-refractivity contribution in [3.8, 4) is 12.3 Å². The Balaban J connectivity index is 2.18. The van der Waals surface area contributed by atoms with Gasteiger partial charge in [0.15, 0.2) is 22.9 Å². The van der Waals surface area contributed by atoms with E-state index in [1.165, 1.54) is 17.8 Å². The van der Waals surface area contributed by atoms with Gasteiger partial charge in [0.2, 0.25) is 5.95 Å². The Labute approximate surface area is 130 Å². The molecule has 1 aliphatic heterocycles. The number of rotatable bonds is 2. The minimum atomic E-state index is -1.64. The minimum Gasteiger partial charge on any atom is -0.391 e. The molecule has 1 saturated heterocycles. The molecule has 10 heteroatoms. The number of nitrogen functional groups attached to an aromatic ring is 1. The van der Waals surface area contributed by atoms with Gasteiger partial charge in [0.05, 0.1) is 12.4 Å². The van der Waals surface area contributed by atoms with E-state index < -0.39 is 35.6 Å². The second-order valence-corrected chi connectivity index (χ2v) is 5.49. The maximum atomic E-state index is 11.8. The molecule has 5 atom stereocenters. The van der Waals surface area contributed by atoms with Gasteiger partial charge in [-0.3, -0.25) is 14.3 Å². The summed E-state index contributed by atoms with van der Waals surface area (Å²) in [6, 6.07) is 0. The second-order valence-electron chi connectivity index (χ2n) is 5.49. The molecule has 0 spiro atoms. The summed E-state index contributed by atoms with van der Waals surface area (Å²) in [5.74, 6) is 2.19.